The lowest BCUT2D eigenvalue weighted by molar-refractivity contribution is -0.115. The molecule has 0 unspecified atom stereocenters. The number of carbonyl (C=O) groups is 2. The highest BCUT2D eigenvalue weighted by molar-refractivity contribution is 7.13. The highest BCUT2D eigenvalue weighted by Gasteiger charge is 2.17. The van der Waals surface area contributed by atoms with E-state index in [-0.39, 0.29) is 12.3 Å². The molecule has 0 aliphatic heterocycles. The molecule has 1 N–H and O–H groups in total. The number of thiazole rings is 1. The standard InChI is InChI=1S/C16H14N2O4S2/c1-9-3-4-12(22-9)15-17-10(8-24-15)7-13(19)18-11-5-6-23-14(11)16(20)21-2/h3-6,8H,7H2,1-2H3,(H,18,19). The molecule has 0 spiro atoms. The van der Waals surface area contributed by atoms with Gasteiger partial charge in [-0.15, -0.1) is 22.7 Å². The van der Waals surface area contributed by atoms with Gasteiger partial charge in [0.25, 0.3) is 0 Å². The minimum Gasteiger partial charge on any atom is -0.465 e. The molecule has 0 bridgehead atoms. The SMILES string of the molecule is COC(=O)c1sccc1NC(=O)Cc1csc(-c2ccc(C)o2)n1. The summed E-state index contributed by atoms with van der Waals surface area (Å²) in [5.74, 6) is 0.790. The van der Waals surface area contributed by atoms with E-state index in [1.807, 2.05) is 24.4 Å². The van der Waals surface area contributed by atoms with Crippen LogP contribution in [0.4, 0.5) is 5.69 Å². The van der Waals surface area contributed by atoms with E-state index in [1.54, 1.807) is 11.4 Å². The first-order valence-corrected chi connectivity index (χ1v) is 8.79. The van der Waals surface area contributed by atoms with Crippen molar-refractivity contribution >= 4 is 40.2 Å². The minimum absolute atomic E-state index is 0.118. The summed E-state index contributed by atoms with van der Waals surface area (Å²) in [5.41, 5.74) is 1.10. The minimum atomic E-state index is -0.468. The summed E-state index contributed by atoms with van der Waals surface area (Å²) in [5, 5.41) is 7.00. The van der Waals surface area contributed by atoms with Crippen molar-refractivity contribution in [3.63, 3.8) is 0 Å². The van der Waals surface area contributed by atoms with Crippen molar-refractivity contribution < 1.29 is 18.7 Å². The van der Waals surface area contributed by atoms with E-state index in [9.17, 15) is 9.59 Å². The molecule has 1 amide bonds. The Balaban J connectivity index is 1.67. The largest absolute Gasteiger partial charge is 0.465 e. The summed E-state index contributed by atoms with van der Waals surface area (Å²) in [6.45, 7) is 1.87. The van der Waals surface area contributed by atoms with Crippen LogP contribution in [0.15, 0.2) is 33.4 Å². The predicted molar refractivity (Wildman–Crippen MR) is 92.5 cm³/mol. The number of carbonyl (C=O) groups excluding carboxylic acids is 2. The number of hydrogen-bond donors (Lipinski definition) is 1. The van der Waals surface area contributed by atoms with Crippen LogP contribution < -0.4 is 5.32 Å². The van der Waals surface area contributed by atoms with Gasteiger partial charge in [-0.05, 0) is 30.5 Å². The van der Waals surface area contributed by atoms with Gasteiger partial charge in [0.05, 0.1) is 24.9 Å². The van der Waals surface area contributed by atoms with Crippen LogP contribution in [0.25, 0.3) is 10.8 Å². The number of methoxy groups -OCH3 is 1. The molecule has 3 heterocycles. The number of nitrogens with one attached hydrogen (secondary N) is 1. The quantitative estimate of drug-likeness (QED) is 0.699. The third-order valence-corrected chi connectivity index (χ3v) is 4.95. The van der Waals surface area contributed by atoms with Crippen molar-refractivity contribution in [2.75, 3.05) is 12.4 Å². The lowest BCUT2D eigenvalue weighted by atomic mass is 10.3. The van der Waals surface area contributed by atoms with Crippen LogP contribution in [0.2, 0.25) is 0 Å². The number of anilines is 1. The second kappa shape index (κ2) is 6.98. The molecule has 0 saturated heterocycles. The number of nitrogens with zero attached hydrogens (tertiary/aromatic N) is 1. The summed E-state index contributed by atoms with van der Waals surface area (Å²) in [4.78, 5) is 28.6. The van der Waals surface area contributed by atoms with Gasteiger partial charge < -0.3 is 14.5 Å². The van der Waals surface area contributed by atoms with Crippen molar-refractivity contribution in [3.05, 3.63) is 45.3 Å². The second-order valence-electron chi connectivity index (χ2n) is 4.93. The summed E-state index contributed by atoms with van der Waals surface area (Å²) < 4.78 is 10.2. The molecule has 3 aromatic heterocycles. The molecule has 8 heteroatoms. The lowest BCUT2D eigenvalue weighted by Crippen LogP contribution is -2.16. The van der Waals surface area contributed by atoms with Gasteiger partial charge in [0.15, 0.2) is 10.8 Å². The van der Waals surface area contributed by atoms with Crippen LogP contribution in [0, 0.1) is 6.92 Å². The molecule has 3 rings (SSSR count). The molecular weight excluding hydrogens is 348 g/mol. The molecule has 0 aromatic carbocycles. The molecule has 24 heavy (non-hydrogen) atoms. The van der Waals surface area contributed by atoms with Crippen LogP contribution in [0.5, 0.6) is 0 Å². The van der Waals surface area contributed by atoms with Crippen molar-refractivity contribution in [2.45, 2.75) is 13.3 Å². The molecule has 0 atom stereocenters. The van der Waals surface area contributed by atoms with Gasteiger partial charge in [-0.2, -0.15) is 0 Å². The average molecular weight is 362 g/mol. The molecular formula is C16H14N2O4S2. The second-order valence-corrected chi connectivity index (χ2v) is 6.71. The van der Waals surface area contributed by atoms with E-state index in [1.165, 1.54) is 29.8 Å². The van der Waals surface area contributed by atoms with Crippen molar-refractivity contribution in [2.24, 2.45) is 0 Å². The smallest absolute Gasteiger partial charge is 0.350 e. The Hall–Kier alpha value is -2.45. The fourth-order valence-corrected chi connectivity index (χ4v) is 3.61. The third-order valence-electron chi connectivity index (χ3n) is 3.15. The van der Waals surface area contributed by atoms with E-state index in [2.05, 4.69) is 15.0 Å². The zero-order valence-corrected chi connectivity index (χ0v) is 14.6. The van der Waals surface area contributed by atoms with Crippen molar-refractivity contribution in [1.29, 1.82) is 0 Å². The molecule has 124 valence electrons. The average Bonchev–Trinajstić information content (AvgIpc) is 3.27. The molecule has 0 fully saturated rings. The van der Waals surface area contributed by atoms with Crippen LogP contribution in [-0.2, 0) is 16.0 Å². The van der Waals surface area contributed by atoms with Crippen LogP contribution in [0.1, 0.15) is 21.1 Å². The van der Waals surface area contributed by atoms with E-state index >= 15 is 0 Å². The van der Waals surface area contributed by atoms with Gasteiger partial charge in [0.1, 0.15) is 10.6 Å². The number of aromatic nitrogens is 1. The number of rotatable bonds is 5. The normalized spacial score (nSPS) is 10.6. The Kier molecular flexibility index (Phi) is 4.77. The van der Waals surface area contributed by atoms with Crippen molar-refractivity contribution in [3.8, 4) is 10.8 Å². The van der Waals surface area contributed by atoms with Gasteiger partial charge in [-0.3, -0.25) is 4.79 Å². The van der Waals surface area contributed by atoms with Gasteiger partial charge in [0.2, 0.25) is 5.91 Å². The van der Waals surface area contributed by atoms with Gasteiger partial charge in [-0.1, -0.05) is 0 Å². The van der Waals surface area contributed by atoms with E-state index in [4.69, 9.17) is 4.42 Å². The molecule has 0 saturated carbocycles. The molecule has 0 aliphatic carbocycles. The number of esters is 1. The fraction of sp³-hybridized carbons (Fsp3) is 0.188. The van der Waals surface area contributed by atoms with E-state index in [0.29, 0.717) is 22.0 Å². The highest BCUT2D eigenvalue weighted by Crippen LogP contribution is 2.26. The topological polar surface area (TPSA) is 81.4 Å². The Morgan fingerprint density at radius 3 is 2.83 bits per heavy atom. The fourth-order valence-electron chi connectivity index (χ4n) is 2.07. The lowest BCUT2D eigenvalue weighted by Gasteiger charge is -2.04. The van der Waals surface area contributed by atoms with Gasteiger partial charge in [-0.25, -0.2) is 9.78 Å². The summed E-state index contributed by atoms with van der Waals surface area (Å²) >= 11 is 2.64. The van der Waals surface area contributed by atoms with Crippen LogP contribution >= 0.6 is 22.7 Å². The monoisotopic (exact) mass is 362 g/mol. The maximum atomic E-state index is 12.2. The van der Waals surface area contributed by atoms with Crippen molar-refractivity contribution in [1.82, 2.24) is 4.98 Å². The molecule has 3 aromatic rings. The Bertz CT molecular complexity index is 878. The number of amides is 1. The number of aryl methyl sites for hydroxylation is 1. The highest BCUT2D eigenvalue weighted by atomic mass is 32.1. The number of hydrogen-bond acceptors (Lipinski definition) is 7. The summed E-state index contributed by atoms with van der Waals surface area (Å²) in [6.07, 6.45) is 0.118. The Morgan fingerprint density at radius 1 is 1.29 bits per heavy atom. The molecule has 6 nitrogen and oxygen atoms in total. The maximum Gasteiger partial charge on any atom is 0.350 e. The third kappa shape index (κ3) is 3.55. The Morgan fingerprint density at radius 2 is 2.12 bits per heavy atom. The van der Waals surface area contributed by atoms with E-state index < -0.39 is 5.97 Å². The zero-order chi connectivity index (χ0) is 17.1. The summed E-state index contributed by atoms with van der Waals surface area (Å²) in [7, 11) is 1.31. The first kappa shape index (κ1) is 16.4. The molecule has 0 aliphatic rings. The Labute approximate surface area is 146 Å². The van der Waals surface area contributed by atoms with Crippen LogP contribution in [-0.4, -0.2) is 24.0 Å². The number of furan rings is 1. The number of ether oxygens (including phenoxy) is 1. The van der Waals surface area contributed by atoms with Gasteiger partial charge in [0, 0.05) is 5.38 Å². The summed E-state index contributed by atoms with van der Waals surface area (Å²) in [6, 6.07) is 5.40. The van der Waals surface area contributed by atoms with Gasteiger partial charge >= 0.3 is 5.97 Å². The van der Waals surface area contributed by atoms with E-state index in [0.717, 1.165) is 10.8 Å². The predicted octanol–water partition coefficient (Wildman–Crippen LogP) is 3.74. The first-order valence-electron chi connectivity index (χ1n) is 7.03. The first-order chi connectivity index (χ1) is 11.6. The molecule has 0 radical (unpaired) electrons. The maximum absolute atomic E-state index is 12.2. The number of thiophene rings is 1. The zero-order valence-electron chi connectivity index (χ0n) is 13.0. The van der Waals surface area contributed by atoms with Crippen LogP contribution in [0.3, 0.4) is 0 Å².